The van der Waals surface area contributed by atoms with E-state index in [9.17, 15) is 9.36 Å². The van der Waals surface area contributed by atoms with E-state index < -0.39 is 7.14 Å². The molecule has 3 aromatic carbocycles. The van der Waals surface area contributed by atoms with Gasteiger partial charge in [-0.2, -0.15) is 0 Å². The number of benzene rings is 3. The highest BCUT2D eigenvalue weighted by molar-refractivity contribution is 7.94. The van der Waals surface area contributed by atoms with Crippen LogP contribution in [0.2, 0.25) is 0 Å². The molecule has 0 aromatic heterocycles. The van der Waals surface area contributed by atoms with E-state index in [4.69, 9.17) is 0 Å². The Balaban J connectivity index is 2.02. The van der Waals surface area contributed by atoms with Gasteiger partial charge in [-0.3, -0.25) is 4.79 Å². The summed E-state index contributed by atoms with van der Waals surface area (Å²) in [5.41, 5.74) is 2.03. The third kappa shape index (κ3) is 1.68. The van der Waals surface area contributed by atoms with Gasteiger partial charge in [-0.05, 0) is 11.1 Å². The van der Waals surface area contributed by atoms with Gasteiger partial charge >= 0.3 is 0 Å². The second kappa shape index (κ2) is 4.79. The molecule has 0 amide bonds. The summed E-state index contributed by atoms with van der Waals surface area (Å²) in [6, 6.07) is 23.9. The number of carbonyl (C=O) groups is 1. The fraction of sp³-hybridized carbons (Fsp3) is 0. The van der Waals surface area contributed by atoms with Crippen molar-refractivity contribution in [2.24, 2.45) is 0 Å². The fourth-order valence-electron chi connectivity index (χ4n) is 3.06. The van der Waals surface area contributed by atoms with E-state index in [-0.39, 0.29) is 5.52 Å². The molecule has 1 heterocycles. The van der Waals surface area contributed by atoms with Crippen LogP contribution in [0.15, 0.2) is 78.9 Å². The minimum atomic E-state index is -3.30. The minimum absolute atomic E-state index is 0.287. The monoisotopic (exact) mass is 304 g/mol. The standard InChI is InChI=1S/C19H13O2P/c20-19(14-8-2-1-3-9-14)22(21)17-12-6-4-10-15(17)16-11-5-7-13-18(16)22/h1-13H. The zero-order valence-electron chi connectivity index (χ0n) is 11.8. The smallest absolute Gasteiger partial charge is 0.230 e. The summed E-state index contributed by atoms with van der Waals surface area (Å²) < 4.78 is 13.8. The SMILES string of the molecule is O=C(c1ccccc1)P1(=O)c2ccccc2-c2ccccc21. The summed E-state index contributed by atoms with van der Waals surface area (Å²) in [6.07, 6.45) is 0. The van der Waals surface area contributed by atoms with Gasteiger partial charge in [0.1, 0.15) is 0 Å². The van der Waals surface area contributed by atoms with Crippen molar-refractivity contribution in [2.45, 2.75) is 0 Å². The second-order valence-corrected chi connectivity index (χ2v) is 7.90. The lowest BCUT2D eigenvalue weighted by Gasteiger charge is -2.13. The van der Waals surface area contributed by atoms with Crippen molar-refractivity contribution in [1.29, 1.82) is 0 Å². The molecule has 1 aliphatic rings. The maximum Gasteiger partial charge on any atom is 0.230 e. The van der Waals surface area contributed by atoms with Crippen molar-refractivity contribution < 1.29 is 9.36 Å². The van der Waals surface area contributed by atoms with Crippen LogP contribution in [0.3, 0.4) is 0 Å². The molecule has 0 atom stereocenters. The van der Waals surface area contributed by atoms with Gasteiger partial charge in [0.2, 0.25) is 12.7 Å². The van der Waals surface area contributed by atoms with E-state index in [0.717, 1.165) is 11.1 Å². The Morgan fingerprint density at radius 1 is 0.636 bits per heavy atom. The first-order valence-corrected chi connectivity index (χ1v) is 8.83. The summed E-state index contributed by atoms with van der Waals surface area (Å²) in [7, 11) is -3.30. The topological polar surface area (TPSA) is 34.1 Å². The van der Waals surface area contributed by atoms with Gasteiger partial charge in [0.15, 0.2) is 0 Å². The molecule has 3 heteroatoms. The fourth-order valence-corrected chi connectivity index (χ4v) is 5.93. The Labute approximate surface area is 128 Å². The summed E-state index contributed by atoms with van der Waals surface area (Å²) in [6.45, 7) is 0. The predicted molar refractivity (Wildman–Crippen MR) is 89.5 cm³/mol. The average molecular weight is 304 g/mol. The summed E-state index contributed by atoms with van der Waals surface area (Å²) in [5.74, 6) is 0. The van der Waals surface area contributed by atoms with Gasteiger partial charge in [0.25, 0.3) is 0 Å². The Morgan fingerprint density at radius 2 is 1.09 bits per heavy atom. The summed E-state index contributed by atoms with van der Waals surface area (Å²) in [4.78, 5) is 13.0. The molecule has 0 fully saturated rings. The van der Waals surface area contributed by atoms with Crippen LogP contribution in [0.4, 0.5) is 0 Å². The minimum Gasteiger partial charge on any atom is -0.305 e. The van der Waals surface area contributed by atoms with Gasteiger partial charge in [0.05, 0.1) is 0 Å². The first kappa shape index (κ1) is 13.2. The molecule has 0 spiro atoms. The number of fused-ring (bicyclic) bond motifs is 3. The first-order valence-electron chi connectivity index (χ1n) is 7.12. The first-order chi connectivity index (χ1) is 10.7. The number of rotatable bonds is 2. The van der Waals surface area contributed by atoms with Crippen molar-refractivity contribution in [3.05, 3.63) is 84.4 Å². The lowest BCUT2D eigenvalue weighted by molar-refractivity contribution is 0.107. The van der Waals surface area contributed by atoms with Gasteiger partial charge < -0.3 is 4.57 Å². The molecule has 3 aromatic rings. The molecule has 0 radical (unpaired) electrons. The highest BCUT2D eigenvalue weighted by Crippen LogP contribution is 2.54. The van der Waals surface area contributed by atoms with Crippen molar-refractivity contribution in [2.75, 3.05) is 0 Å². The van der Waals surface area contributed by atoms with Crippen LogP contribution < -0.4 is 10.6 Å². The third-order valence-electron chi connectivity index (χ3n) is 4.08. The van der Waals surface area contributed by atoms with Crippen molar-refractivity contribution in [3.8, 4) is 11.1 Å². The molecule has 0 saturated carbocycles. The quantitative estimate of drug-likeness (QED) is 0.674. The summed E-state index contributed by atoms with van der Waals surface area (Å²) >= 11 is 0. The van der Waals surface area contributed by atoms with Crippen LogP contribution in [0, 0.1) is 0 Å². The van der Waals surface area contributed by atoms with Crippen LogP contribution in [0.1, 0.15) is 10.4 Å². The van der Waals surface area contributed by atoms with Crippen LogP contribution in [0.25, 0.3) is 11.1 Å². The number of hydrogen-bond acceptors (Lipinski definition) is 2. The van der Waals surface area contributed by atoms with Crippen molar-refractivity contribution in [1.82, 2.24) is 0 Å². The van der Waals surface area contributed by atoms with E-state index in [2.05, 4.69) is 0 Å². The van der Waals surface area contributed by atoms with Crippen LogP contribution in [-0.2, 0) is 4.57 Å². The molecular weight excluding hydrogens is 291 g/mol. The van der Waals surface area contributed by atoms with Crippen LogP contribution in [-0.4, -0.2) is 5.52 Å². The Kier molecular flexibility index (Phi) is 2.88. The van der Waals surface area contributed by atoms with E-state index in [1.54, 1.807) is 24.3 Å². The van der Waals surface area contributed by atoms with Gasteiger partial charge in [0, 0.05) is 16.2 Å². The maximum atomic E-state index is 13.8. The van der Waals surface area contributed by atoms with Crippen molar-refractivity contribution in [3.63, 3.8) is 0 Å². The lowest BCUT2D eigenvalue weighted by Crippen LogP contribution is -2.18. The normalized spacial score (nSPS) is 14.2. The zero-order chi connectivity index (χ0) is 15.2. The van der Waals surface area contributed by atoms with Gasteiger partial charge in [-0.1, -0.05) is 78.9 Å². The van der Waals surface area contributed by atoms with Crippen molar-refractivity contribution >= 4 is 23.3 Å². The largest absolute Gasteiger partial charge is 0.305 e. The van der Waals surface area contributed by atoms with Gasteiger partial charge in [-0.15, -0.1) is 0 Å². The van der Waals surface area contributed by atoms with E-state index in [0.29, 0.717) is 16.2 Å². The van der Waals surface area contributed by atoms with Gasteiger partial charge in [-0.25, -0.2) is 0 Å². The molecule has 0 aliphatic carbocycles. The number of carbonyl (C=O) groups excluding carboxylic acids is 1. The highest BCUT2D eigenvalue weighted by Gasteiger charge is 2.44. The number of hydrogen-bond donors (Lipinski definition) is 0. The van der Waals surface area contributed by atoms with E-state index >= 15 is 0 Å². The maximum absolute atomic E-state index is 13.8. The molecule has 0 saturated heterocycles. The zero-order valence-corrected chi connectivity index (χ0v) is 12.7. The second-order valence-electron chi connectivity index (χ2n) is 5.31. The average Bonchev–Trinajstić information content (AvgIpc) is 2.86. The Bertz CT molecular complexity index is 879. The molecule has 0 unspecified atom stereocenters. The third-order valence-corrected chi connectivity index (χ3v) is 7.05. The van der Waals surface area contributed by atoms with Crippen LogP contribution >= 0.6 is 7.14 Å². The Hall–Kier alpha value is -2.44. The molecule has 4 rings (SSSR count). The lowest BCUT2D eigenvalue weighted by atomic mass is 10.1. The molecule has 22 heavy (non-hydrogen) atoms. The van der Waals surface area contributed by atoms with E-state index in [1.807, 2.05) is 54.6 Å². The molecular formula is C19H13O2P. The molecule has 1 aliphatic heterocycles. The molecule has 0 N–H and O–H groups in total. The van der Waals surface area contributed by atoms with Crippen LogP contribution in [0.5, 0.6) is 0 Å². The summed E-state index contributed by atoms with van der Waals surface area (Å²) in [5, 5.41) is 1.31. The molecule has 0 bridgehead atoms. The Morgan fingerprint density at radius 3 is 1.64 bits per heavy atom. The molecule has 106 valence electrons. The van der Waals surface area contributed by atoms with E-state index in [1.165, 1.54) is 0 Å². The molecule has 2 nitrogen and oxygen atoms in total. The predicted octanol–water partition coefficient (Wildman–Crippen LogP) is 3.82. The highest BCUT2D eigenvalue weighted by atomic mass is 31.2.